The van der Waals surface area contributed by atoms with E-state index in [1.54, 1.807) is 65.8 Å². The van der Waals surface area contributed by atoms with E-state index >= 15 is 0 Å². The number of hydrogen-bond acceptors (Lipinski definition) is 8. The molecule has 0 aromatic heterocycles. The number of alkyl carbamates (subject to hydrolysis) is 2. The summed E-state index contributed by atoms with van der Waals surface area (Å²) in [5, 5.41) is 23.1. The van der Waals surface area contributed by atoms with E-state index in [2.05, 4.69) is 10.6 Å². The van der Waals surface area contributed by atoms with Gasteiger partial charge < -0.3 is 39.8 Å². The summed E-state index contributed by atoms with van der Waals surface area (Å²) in [6.45, 7) is 9.67. The molecule has 0 saturated carbocycles. The molecule has 2 atom stereocenters. The molecule has 2 amide bonds. The van der Waals surface area contributed by atoms with Crippen LogP contribution in [0.3, 0.4) is 0 Å². The molecule has 36 heavy (non-hydrogen) atoms. The van der Waals surface area contributed by atoms with Gasteiger partial charge in [0.1, 0.15) is 11.2 Å². The number of carboxylic acids is 2. The van der Waals surface area contributed by atoms with Crippen molar-refractivity contribution in [2.75, 3.05) is 13.2 Å². The van der Waals surface area contributed by atoms with E-state index in [1.165, 1.54) is 0 Å². The lowest BCUT2D eigenvalue weighted by molar-refractivity contribution is -0.142. The molecule has 0 heterocycles. The fourth-order valence-electron chi connectivity index (χ4n) is 2.57. The van der Waals surface area contributed by atoms with Crippen LogP contribution in [0.15, 0.2) is 24.3 Å². The molecular weight excluding hydrogens is 476 g/mol. The van der Waals surface area contributed by atoms with E-state index in [0.29, 0.717) is 0 Å². The Hall–Kier alpha value is -3.38. The van der Waals surface area contributed by atoms with Crippen molar-refractivity contribution in [3.05, 3.63) is 35.4 Å². The number of benzene rings is 1. The number of rotatable bonds is 12. The lowest BCUT2D eigenvalue weighted by atomic mass is 10.1. The van der Waals surface area contributed by atoms with Gasteiger partial charge in [0.25, 0.3) is 0 Å². The zero-order chi connectivity index (χ0) is 27.5. The van der Waals surface area contributed by atoms with Gasteiger partial charge in [-0.1, -0.05) is 24.3 Å². The van der Waals surface area contributed by atoms with E-state index in [1.807, 2.05) is 0 Å². The summed E-state index contributed by atoms with van der Waals surface area (Å²) in [6, 6.07) is 4.41. The van der Waals surface area contributed by atoms with Crippen LogP contribution < -0.4 is 10.6 Å². The predicted octanol–water partition coefficient (Wildman–Crippen LogP) is 2.68. The first kappa shape index (κ1) is 30.7. The molecular formula is C24H36N2O10. The Morgan fingerprint density at radius 3 is 1.25 bits per heavy atom. The van der Waals surface area contributed by atoms with Gasteiger partial charge in [-0.05, 0) is 52.7 Å². The predicted molar refractivity (Wildman–Crippen MR) is 127 cm³/mol. The molecule has 1 aromatic rings. The third-order valence-corrected chi connectivity index (χ3v) is 4.11. The number of amides is 2. The maximum atomic E-state index is 11.8. The van der Waals surface area contributed by atoms with Gasteiger partial charge in [0.05, 0.1) is 26.4 Å². The topological polar surface area (TPSA) is 170 Å². The number of nitrogens with one attached hydrogen (secondary N) is 2. The summed E-state index contributed by atoms with van der Waals surface area (Å²) in [4.78, 5) is 46.3. The van der Waals surface area contributed by atoms with Gasteiger partial charge in [-0.25, -0.2) is 19.2 Å². The maximum absolute atomic E-state index is 11.8. The monoisotopic (exact) mass is 512 g/mol. The molecule has 12 heteroatoms. The number of carbonyl (C=O) groups is 4. The van der Waals surface area contributed by atoms with Crippen molar-refractivity contribution < 1.29 is 48.3 Å². The molecule has 0 fully saturated rings. The first-order valence-corrected chi connectivity index (χ1v) is 11.2. The average molecular weight is 513 g/mol. The van der Waals surface area contributed by atoms with Crippen molar-refractivity contribution in [3.63, 3.8) is 0 Å². The highest BCUT2D eigenvalue weighted by atomic mass is 16.6. The first-order valence-electron chi connectivity index (χ1n) is 11.2. The van der Waals surface area contributed by atoms with E-state index in [9.17, 15) is 29.4 Å². The third kappa shape index (κ3) is 13.5. The van der Waals surface area contributed by atoms with Crippen LogP contribution >= 0.6 is 0 Å². The minimum Gasteiger partial charge on any atom is -0.480 e. The molecule has 12 nitrogen and oxygen atoms in total. The van der Waals surface area contributed by atoms with Crippen molar-refractivity contribution in [3.8, 4) is 0 Å². The SMILES string of the molecule is CC(C)(C)OC(=O)N[C@@H](COCc1ccc(COC[C@H](NC(=O)OC(C)(C)C)C(=O)O)cc1)C(=O)O. The largest absolute Gasteiger partial charge is 0.480 e. The van der Waals surface area contributed by atoms with Gasteiger partial charge in [0.2, 0.25) is 0 Å². The second kappa shape index (κ2) is 13.6. The Balaban J connectivity index is 2.48. The van der Waals surface area contributed by atoms with Crippen LogP contribution in [0.5, 0.6) is 0 Å². The van der Waals surface area contributed by atoms with E-state index < -0.39 is 47.4 Å². The van der Waals surface area contributed by atoms with Gasteiger partial charge in [-0.15, -0.1) is 0 Å². The molecule has 202 valence electrons. The van der Waals surface area contributed by atoms with Gasteiger partial charge in [-0.2, -0.15) is 0 Å². The highest BCUT2D eigenvalue weighted by molar-refractivity contribution is 5.80. The van der Waals surface area contributed by atoms with Crippen molar-refractivity contribution in [1.29, 1.82) is 0 Å². The van der Waals surface area contributed by atoms with Crippen LogP contribution in [0, 0.1) is 0 Å². The molecule has 0 radical (unpaired) electrons. The molecule has 0 aliphatic rings. The smallest absolute Gasteiger partial charge is 0.408 e. The molecule has 0 unspecified atom stereocenters. The lowest BCUT2D eigenvalue weighted by Gasteiger charge is -2.22. The Kier molecular flexibility index (Phi) is 11.6. The second-order valence-electron chi connectivity index (χ2n) is 9.92. The average Bonchev–Trinajstić information content (AvgIpc) is 2.70. The molecule has 0 saturated heterocycles. The maximum Gasteiger partial charge on any atom is 0.408 e. The Labute approximate surface area is 210 Å². The van der Waals surface area contributed by atoms with Crippen LogP contribution in [0.1, 0.15) is 52.7 Å². The molecule has 0 aliphatic heterocycles. The van der Waals surface area contributed by atoms with Crippen LogP contribution in [0.2, 0.25) is 0 Å². The van der Waals surface area contributed by atoms with Crippen LogP contribution in [0.25, 0.3) is 0 Å². The quantitative estimate of drug-likeness (QED) is 0.326. The number of hydrogen-bond donors (Lipinski definition) is 4. The van der Waals surface area contributed by atoms with Gasteiger partial charge in [0.15, 0.2) is 12.1 Å². The van der Waals surface area contributed by atoms with Gasteiger partial charge >= 0.3 is 24.1 Å². The van der Waals surface area contributed by atoms with Crippen molar-refractivity contribution in [2.45, 2.75) is 78.0 Å². The molecule has 4 N–H and O–H groups in total. The fourth-order valence-corrected chi connectivity index (χ4v) is 2.57. The number of ether oxygens (including phenoxy) is 4. The summed E-state index contributed by atoms with van der Waals surface area (Å²) in [5.41, 5.74) is -0.0316. The number of carboxylic acid groups (broad SMARTS) is 2. The molecule has 0 bridgehead atoms. The third-order valence-electron chi connectivity index (χ3n) is 4.11. The first-order chi connectivity index (χ1) is 16.6. The van der Waals surface area contributed by atoms with Crippen LogP contribution in [0.4, 0.5) is 9.59 Å². The zero-order valence-electron chi connectivity index (χ0n) is 21.5. The molecule has 0 spiro atoms. The van der Waals surface area contributed by atoms with E-state index in [4.69, 9.17) is 18.9 Å². The molecule has 1 aromatic carbocycles. The van der Waals surface area contributed by atoms with Crippen molar-refractivity contribution in [1.82, 2.24) is 10.6 Å². The summed E-state index contributed by atoms with van der Waals surface area (Å²) in [6.07, 6.45) is -1.71. The highest BCUT2D eigenvalue weighted by Crippen LogP contribution is 2.10. The van der Waals surface area contributed by atoms with Crippen molar-refractivity contribution in [2.24, 2.45) is 0 Å². The Morgan fingerprint density at radius 1 is 0.694 bits per heavy atom. The minimum atomic E-state index is -1.27. The van der Waals surface area contributed by atoms with E-state index in [-0.39, 0.29) is 26.4 Å². The van der Waals surface area contributed by atoms with Crippen LogP contribution in [-0.2, 0) is 41.8 Å². The van der Waals surface area contributed by atoms with Gasteiger partial charge in [0, 0.05) is 0 Å². The standard InChI is InChI=1S/C24H36N2O10/c1-23(2,3)35-21(31)25-17(19(27)28)13-33-11-15-7-9-16(10-8-15)12-34-14-18(20(29)30)26-22(32)36-24(4,5)6/h7-10,17-18H,11-14H2,1-6H3,(H,25,31)(H,26,32)(H,27,28)(H,29,30)/t17-,18-/m0/s1. The fraction of sp³-hybridized carbons (Fsp3) is 0.583. The number of carbonyl (C=O) groups excluding carboxylic acids is 2. The number of aliphatic carboxylic acids is 2. The summed E-state index contributed by atoms with van der Waals surface area (Å²) in [7, 11) is 0. The van der Waals surface area contributed by atoms with Crippen LogP contribution in [-0.4, -0.2) is 70.8 Å². The normalized spacial score (nSPS) is 13.3. The second-order valence-corrected chi connectivity index (χ2v) is 9.92. The molecule has 1 rings (SSSR count). The lowest BCUT2D eigenvalue weighted by Crippen LogP contribution is -2.46. The highest BCUT2D eigenvalue weighted by Gasteiger charge is 2.25. The molecule has 0 aliphatic carbocycles. The summed E-state index contributed by atoms with van der Waals surface area (Å²) < 4.78 is 21.0. The van der Waals surface area contributed by atoms with Crippen molar-refractivity contribution >= 4 is 24.1 Å². The summed E-state index contributed by atoms with van der Waals surface area (Å²) in [5.74, 6) is -2.51. The summed E-state index contributed by atoms with van der Waals surface area (Å²) >= 11 is 0. The Bertz CT molecular complexity index is 815. The van der Waals surface area contributed by atoms with Gasteiger partial charge in [-0.3, -0.25) is 0 Å². The zero-order valence-corrected chi connectivity index (χ0v) is 21.5. The minimum absolute atomic E-state index is 0.0990. The van der Waals surface area contributed by atoms with E-state index in [0.717, 1.165) is 11.1 Å². The Morgan fingerprint density at radius 2 is 1.00 bits per heavy atom.